The zero-order valence-corrected chi connectivity index (χ0v) is 13.1. The van der Waals surface area contributed by atoms with E-state index in [9.17, 15) is 4.79 Å². The highest BCUT2D eigenvalue weighted by Crippen LogP contribution is 2.20. The Hall–Kier alpha value is -2.33. The molecule has 4 heteroatoms. The molecule has 0 fully saturated rings. The summed E-state index contributed by atoms with van der Waals surface area (Å²) in [6.07, 6.45) is 0. The lowest BCUT2D eigenvalue weighted by Gasteiger charge is -2.19. The monoisotopic (exact) mass is 298 g/mol. The van der Waals surface area contributed by atoms with E-state index in [0.717, 1.165) is 16.9 Å². The second-order valence-electron chi connectivity index (χ2n) is 5.10. The minimum absolute atomic E-state index is 0.0186. The van der Waals surface area contributed by atoms with Crippen LogP contribution in [0.1, 0.15) is 28.4 Å². The van der Waals surface area contributed by atoms with Crippen LogP contribution in [-0.2, 0) is 13.1 Å². The average Bonchev–Trinajstić information content (AvgIpc) is 2.56. The van der Waals surface area contributed by atoms with Gasteiger partial charge in [0.1, 0.15) is 5.75 Å². The van der Waals surface area contributed by atoms with Crippen molar-refractivity contribution in [1.82, 2.24) is 4.90 Å². The van der Waals surface area contributed by atoms with Gasteiger partial charge in [0, 0.05) is 31.3 Å². The molecule has 2 rings (SSSR count). The summed E-state index contributed by atoms with van der Waals surface area (Å²) in [4.78, 5) is 14.2. The highest BCUT2D eigenvalue weighted by atomic mass is 16.5. The number of benzene rings is 2. The van der Waals surface area contributed by atoms with Crippen molar-refractivity contribution >= 4 is 5.91 Å². The van der Waals surface area contributed by atoms with Gasteiger partial charge in [-0.05, 0) is 30.7 Å². The minimum atomic E-state index is -0.0186. The first-order chi connectivity index (χ1) is 10.7. The molecule has 0 aromatic heterocycles. The zero-order chi connectivity index (χ0) is 15.9. The second-order valence-corrected chi connectivity index (χ2v) is 5.10. The molecule has 2 aromatic carbocycles. The van der Waals surface area contributed by atoms with Crippen LogP contribution in [0.4, 0.5) is 0 Å². The quantitative estimate of drug-likeness (QED) is 0.892. The molecule has 0 unspecified atom stereocenters. The fourth-order valence-electron chi connectivity index (χ4n) is 2.26. The van der Waals surface area contributed by atoms with Crippen molar-refractivity contribution in [2.75, 3.05) is 13.7 Å². The van der Waals surface area contributed by atoms with Gasteiger partial charge in [0.05, 0.1) is 6.61 Å². The first-order valence-electron chi connectivity index (χ1n) is 7.41. The Morgan fingerprint density at radius 3 is 2.45 bits per heavy atom. The van der Waals surface area contributed by atoms with Crippen LogP contribution in [-0.4, -0.2) is 24.5 Å². The third-order valence-electron chi connectivity index (χ3n) is 3.46. The van der Waals surface area contributed by atoms with Crippen LogP contribution < -0.4 is 10.5 Å². The summed E-state index contributed by atoms with van der Waals surface area (Å²) in [7, 11) is 1.79. The number of para-hydroxylation sites is 1. The van der Waals surface area contributed by atoms with E-state index >= 15 is 0 Å². The number of hydrogen-bond donors (Lipinski definition) is 1. The summed E-state index contributed by atoms with van der Waals surface area (Å²) in [5.74, 6) is 0.804. The van der Waals surface area contributed by atoms with Gasteiger partial charge >= 0.3 is 0 Å². The van der Waals surface area contributed by atoms with Crippen molar-refractivity contribution < 1.29 is 9.53 Å². The Labute approximate surface area is 131 Å². The van der Waals surface area contributed by atoms with Crippen LogP contribution in [0, 0.1) is 0 Å². The van der Waals surface area contributed by atoms with E-state index in [2.05, 4.69) is 0 Å². The fourth-order valence-corrected chi connectivity index (χ4v) is 2.26. The molecule has 4 nitrogen and oxygen atoms in total. The molecule has 2 N–H and O–H groups in total. The molecule has 0 radical (unpaired) electrons. The number of nitrogens with two attached hydrogens (primary N) is 1. The minimum Gasteiger partial charge on any atom is -0.494 e. The van der Waals surface area contributed by atoms with Gasteiger partial charge in [0.2, 0.25) is 0 Å². The van der Waals surface area contributed by atoms with Crippen LogP contribution >= 0.6 is 0 Å². The van der Waals surface area contributed by atoms with Gasteiger partial charge < -0.3 is 15.4 Å². The smallest absolute Gasteiger partial charge is 0.253 e. The highest BCUT2D eigenvalue weighted by molar-refractivity contribution is 5.94. The van der Waals surface area contributed by atoms with Crippen LogP contribution in [0.2, 0.25) is 0 Å². The van der Waals surface area contributed by atoms with Crippen molar-refractivity contribution in [3.05, 3.63) is 65.2 Å². The van der Waals surface area contributed by atoms with Gasteiger partial charge in [-0.25, -0.2) is 0 Å². The molecule has 0 aliphatic carbocycles. The summed E-state index contributed by atoms with van der Waals surface area (Å²) in [5.41, 5.74) is 8.25. The molecular formula is C18H22N2O2. The summed E-state index contributed by atoms with van der Waals surface area (Å²) in [5, 5.41) is 0. The number of carbonyl (C=O) groups excluding carboxylic acids is 1. The van der Waals surface area contributed by atoms with Gasteiger partial charge in [-0.2, -0.15) is 0 Å². The van der Waals surface area contributed by atoms with Crippen molar-refractivity contribution in [3.8, 4) is 5.75 Å². The first kappa shape index (κ1) is 16.0. The fraction of sp³-hybridized carbons (Fsp3) is 0.278. The molecular weight excluding hydrogens is 276 g/mol. The largest absolute Gasteiger partial charge is 0.494 e. The molecule has 0 aliphatic heterocycles. The number of ether oxygens (including phenoxy) is 1. The molecule has 1 amide bonds. The lowest BCUT2D eigenvalue weighted by molar-refractivity contribution is 0.0784. The standard InChI is InChI=1S/C18H22N2O2/c1-3-22-17-7-5-4-6-16(17)13-20(2)18(21)15-10-8-14(12-19)9-11-15/h4-11H,3,12-13,19H2,1-2H3. The van der Waals surface area contributed by atoms with Crippen LogP contribution in [0.5, 0.6) is 5.75 Å². The summed E-state index contributed by atoms with van der Waals surface area (Å²) < 4.78 is 5.60. The average molecular weight is 298 g/mol. The van der Waals surface area contributed by atoms with E-state index < -0.39 is 0 Å². The van der Waals surface area contributed by atoms with Crippen molar-refractivity contribution in [2.45, 2.75) is 20.0 Å². The van der Waals surface area contributed by atoms with E-state index in [1.54, 1.807) is 11.9 Å². The molecule has 0 bridgehead atoms. The Balaban J connectivity index is 2.10. The summed E-state index contributed by atoms with van der Waals surface area (Å²) in [6.45, 7) is 3.54. The molecule has 0 saturated carbocycles. The van der Waals surface area contributed by atoms with E-state index in [0.29, 0.717) is 25.3 Å². The topological polar surface area (TPSA) is 55.6 Å². The third kappa shape index (κ3) is 3.86. The van der Waals surface area contributed by atoms with Crippen molar-refractivity contribution in [2.24, 2.45) is 5.73 Å². The molecule has 0 saturated heterocycles. The van der Waals surface area contributed by atoms with Gasteiger partial charge in [-0.15, -0.1) is 0 Å². The van der Waals surface area contributed by atoms with E-state index in [1.165, 1.54) is 0 Å². The van der Waals surface area contributed by atoms with Crippen LogP contribution in [0.25, 0.3) is 0 Å². The molecule has 116 valence electrons. The van der Waals surface area contributed by atoms with Crippen LogP contribution in [0.3, 0.4) is 0 Å². The number of rotatable bonds is 6. The molecule has 22 heavy (non-hydrogen) atoms. The Morgan fingerprint density at radius 2 is 1.82 bits per heavy atom. The summed E-state index contributed by atoms with van der Waals surface area (Å²) >= 11 is 0. The SMILES string of the molecule is CCOc1ccccc1CN(C)C(=O)c1ccc(CN)cc1. The van der Waals surface area contributed by atoms with E-state index in [4.69, 9.17) is 10.5 Å². The lowest BCUT2D eigenvalue weighted by atomic mass is 10.1. The highest BCUT2D eigenvalue weighted by Gasteiger charge is 2.14. The van der Waals surface area contributed by atoms with Gasteiger partial charge in [-0.1, -0.05) is 30.3 Å². The number of nitrogens with zero attached hydrogens (tertiary/aromatic N) is 1. The second kappa shape index (κ2) is 7.61. The number of carbonyl (C=O) groups is 1. The molecule has 2 aromatic rings. The van der Waals surface area contributed by atoms with E-state index in [1.807, 2.05) is 55.5 Å². The number of hydrogen-bond acceptors (Lipinski definition) is 3. The Bertz CT molecular complexity index is 623. The van der Waals surface area contributed by atoms with E-state index in [-0.39, 0.29) is 5.91 Å². The molecule has 0 atom stereocenters. The molecule has 0 heterocycles. The first-order valence-corrected chi connectivity index (χ1v) is 7.41. The van der Waals surface area contributed by atoms with Crippen LogP contribution in [0.15, 0.2) is 48.5 Å². The van der Waals surface area contributed by atoms with Crippen molar-refractivity contribution in [1.29, 1.82) is 0 Å². The maximum Gasteiger partial charge on any atom is 0.253 e. The normalized spacial score (nSPS) is 10.3. The molecule has 0 aliphatic rings. The summed E-state index contributed by atoms with van der Waals surface area (Å²) in [6, 6.07) is 15.2. The zero-order valence-electron chi connectivity index (χ0n) is 13.1. The Kier molecular flexibility index (Phi) is 5.55. The Morgan fingerprint density at radius 1 is 1.14 bits per heavy atom. The maximum atomic E-state index is 12.5. The van der Waals surface area contributed by atoms with Gasteiger partial charge in [0.25, 0.3) is 5.91 Å². The third-order valence-corrected chi connectivity index (χ3v) is 3.46. The predicted molar refractivity (Wildman–Crippen MR) is 87.7 cm³/mol. The number of amides is 1. The molecule has 0 spiro atoms. The maximum absolute atomic E-state index is 12.5. The lowest BCUT2D eigenvalue weighted by Crippen LogP contribution is -2.26. The predicted octanol–water partition coefficient (Wildman–Crippen LogP) is 2.82. The van der Waals surface area contributed by atoms with Gasteiger partial charge in [0.15, 0.2) is 0 Å². The van der Waals surface area contributed by atoms with Gasteiger partial charge in [-0.3, -0.25) is 4.79 Å². The van der Waals surface area contributed by atoms with Crippen molar-refractivity contribution in [3.63, 3.8) is 0 Å².